The Morgan fingerprint density at radius 3 is 1.38 bits per heavy atom. The predicted octanol–water partition coefficient (Wildman–Crippen LogP) is 5.81. The van der Waals surface area contributed by atoms with E-state index in [0.29, 0.717) is 56.0 Å². The normalized spacial score (nSPS) is 26.9. The summed E-state index contributed by atoms with van der Waals surface area (Å²) in [6, 6.07) is 27.4. The zero-order valence-corrected chi connectivity index (χ0v) is 62.5. The molecule has 0 saturated carbocycles. The van der Waals surface area contributed by atoms with Crippen molar-refractivity contribution in [2.24, 2.45) is 11.8 Å². The summed E-state index contributed by atoms with van der Waals surface area (Å²) in [4.78, 5) is 55.2. The summed E-state index contributed by atoms with van der Waals surface area (Å²) < 4.78 is 36.1. The Hall–Kier alpha value is -7.00. The van der Waals surface area contributed by atoms with Gasteiger partial charge in [0, 0.05) is 85.9 Å². The molecular formula is C77H105BBrN5O20. The van der Waals surface area contributed by atoms with Gasteiger partial charge in [0.2, 0.25) is 0 Å². The third-order valence-electron chi connectivity index (χ3n) is 20.2. The number of carbonyl (C=O) groups excluding carboxylic acids is 4. The fraction of sp³-hybridized carbons (Fsp3) is 0.506. The number of aliphatic hydroxyl groups is 10. The van der Waals surface area contributed by atoms with Gasteiger partial charge in [0.25, 0.3) is 17.7 Å². The third-order valence-corrected chi connectivity index (χ3v) is 20.7. The smallest absolute Gasteiger partial charge is 0.459 e. The number of aliphatic hydroxyl groups excluding tert-OH is 10. The van der Waals surface area contributed by atoms with Gasteiger partial charge in [-0.1, -0.05) is 106 Å². The fourth-order valence-electron chi connectivity index (χ4n) is 13.1. The number of nitrogens with one attached hydrogen (secondary N) is 3. The summed E-state index contributed by atoms with van der Waals surface area (Å²) in [6.07, 6.45) is -9.43. The number of hydrogen-bond acceptors (Lipinski definition) is 22. The Kier molecular flexibility index (Phi) is 31.0. The van der Waals surface area contributed by atoms with E-state index in [1.807, 2.05) is 39.8 Å². The number of nitrogens with zero attached hydrogens (tertiary/aromatic N) is 2. The zero-order valence-electron chi connectivity index (χ0n) is 60.9. The van der Waals surface area contributed by atoms with Crippen LogP contribution in [-0.2, 0) is 33.1 Å². The van der Waals surface area contributed by atoms with Gasteiger partial charge in [0.15, 0.2) is 0 Å². The number of rotatable bonds is 16. The second kappa shape index (κ2) is 37.5. The van der Waals surface area contributed by atoms with Crippen molar-refractivity contribution in [1.29, 1.82) is 0 Å². The van der Waals surface area contributed by atoms with Crippen molar-refractivity contribution in [3.05, 3.63) is 170 Å². The summed E-state index contributed by atoms with van der Waals surface area (Å²) in [5.74, 6) is -0.0526. The molecule has 0 spiro atoms. The van der Waals surface area contributed by atoms with Crippen molar-refractivity contribution in [1.82, 2.24) is 25.9 Å². The number of ether oxygens (including phenoxy) is 4. The van der Waals surface area contributed by atoms with Crippen LogP contribution >= 0.6 is 15.9 Å². The first kappa shape index (κ1) is 85.9. The molecule has 2 aromatic heterocycles. The molecule has 3 amide bonds. The fourth-order valence-corrected chi connectivity index (χ4v) is 13.6. The second-order valence-electron chi connectivity index (χ2n) is 27.6. The molecule has 0 bridgehead atoms. The van der Waals surface area contributed by atoms with Crippen molar-refractivity contribution >= 4 is 52.2 Å². The average Bonchev–Trinajstić information content (AvgIpc) is 1.81. The van der Waals surface area contributed by atoms with E-state index in [0.717, 1.165) is 27.5 Å². The molecule has 10 rings (SSSR count). The maximum atomic E-state index is 11.8. The van der Waals surface area contributed by atoms with Gasteiger partial charge in [-0.3, -0.25) is 29.1 Å². The number of aryl methyl sites for hydroxylation is 3. The van der Waals surface area contributed by atoms with Crippen LogP contribution in [0.5, 0.6) is 0 Å². The first-order valence-corrected chi connectivity index (χ1v) is 35.2. The average molecular weight is 1510 g/mol. The van der Waals surface area contributed by atoms with Crippen LogP contribution in [0.3, 0.4) is 0 Å². The number of benzene rings is 4. The molecule has 0 aliphatic carbocycles. The maximum Gasteiger partial charge on any atom is 0.494 e. The van der Waals surface area contributed by atoms with Gasteiger partial charge >= 0.3 is 13.1 Å². The minimum Gasteiger partial charge on any atom is -0.459 e. The molecule has 25 nitrogen and oxygen atoms in total. The van der Waals surface area contributed by atoms with Gasteiger partial charge < -0.3 is 95.3 Å². The van der Waals surface area contributed by atoms with Crippen LogP contribution in [0.25, 0.3) is 22.3 Å². The summed E-state index contributed by atoms with van der Waals surface area (Å²) in [6.45, 7) is 22.7. The Labute approximate surface area is 618 Å². The van der Waals surface area contributed by atoms with Gasteiger partial charge in [0.1, 0.15) is 85.5 Å². The lowest BCUT2D eigenvalue weighted by molar-refractivity contribution is -0.250. The van der Waals surface area contributed by atoms with E-state index in [1.165, 1.54) is 44.5 Å². The van der Waals surface area contributed by atoms with E-state index in [1.54, 1.807) is 94.0 Å². The molecule has 6 aromatic rings. The van der Waals surface area contributed by atoms with Crippen LogP contribution in [0, 0.1) is 32.6 Å². The molecule has 6 heterocycles. The number of aromatic nitrogens is 2. The molecular weight excluding hydrogens is 1410 g/mol. The monoisotopic (exact) mass is 1510 g/mol. The van der Waals surface area contributed by atoms with E-state index in [2.05, 4.69) is 94.7 Å². The number of esters is 1. The number of carbonyl (C=O) groups is 4. The topological polar surface area (TPSA) is 388 Å². The Bertz CT molecular complexity index is 3700. The molecule has 0 radical (unpaired) electrons. The lowest BCUT2D eigenvalue weighted by Gasteiger charge is -2.46. The van der Waals surface area contributed by atoms with Crippen LogP contribution in [0.4, 0.5) is 0 Å². The SMILES string of the molecule is C.CCC1O[C@H]([C@H](C)c2ccc(Br)cc2C)C(OC(C)=O)[C@@H](C)[C@@H]1C.CNC(=O)c1cccc(B2OC(C)(C)C(C)(C)O2)c1.CNC(=O)c1cncc(-c2ccc([C@@H](O)[C@H]3OC(CO)[C@@H](O)[C@H](O)C3O)c(C)c2)c1.CNC(=O)c1cncc(-c2ccc([C@@H](O)[C@H]3OC(CO)[C@@H](O)[C@H](O)C3O)c(C)c2)c1. The quantitative estimate of drug-likeness (QED) is 0.0401. The number of pyridine rings is 2. The van der Waals surface area contributed by atoms with Crippen molar-refractivity contribution < 1.29 is 98.5 Å². The van der Waals surface area contributed by atoms with Crippen LogP contribution in [-0.4, -0.2) is 217 Å². The Morgan fingerprint density at radius 2 is 0.971 bits per heavy atom. The van der Waals surface area contributed by atoms with E-state index >= 15 is 0 Å². The molecule has 6 unspecified atom stereocenters. The lowest BCUT2D eigenvalue weighted by atomic mass is 9.76. The largest absolute Gasteiger partial charge is 0.494 e. The summed E-state index contributed by atoms with van der Waals surface area (Å²) >= 11 is 3.52. The van der Waals surface area contributed by atoms with Gasteiger partial charge in [-0.15, -0.1) is 0 Å². The number of hydrogen-bond donors (Lipinski definition) is 13. The summed E-state index contributed by atoms with van der Waals surface area (Å²) in [7, 11) is 4.25. The summed E-state index contributed by atoms with van der Waals surface area (Å²) in [5, 5.41) is 108. The molecule has 4 saturated heterocycles. The highest BCUT2D eigenvalue weighted by Crippen LogP contribution is 2.42. The molecule has 4 aliphatic rings. The summed E-state index contributed by atoms with van der Waals surface area (Å²) in [5.41, 5.74) is 9.28. The van der Waals surface area contributed by atoms with Crippen LogP contribution in [0.2, 0.25) is 0 Å². The van der Waals surface area contributed by atoms with E-state index in [4.69, 9.17) is 28.3 Å². The minimum atomic E-state index is -1.56. The maximum absolute atomic E-state index is 11.8. The van der Waals surface area contributed by atoms with Crippen molar-refractivity contribution in [2.45, 2.75) is 206 Å². The molecule has 18 atom stereocenters. The van der Waals surface area contributed by atoms with Crippen molar-refractivity contribution in [3.63, 3.8) is 0 Å². The molecule has 104 heavy (non-hydrogen) atoms. The minimum absolute atomic E-state index is 0. The Balaban J connectivity index is 0.000000220. The highest BCUT2D eigenvalue weighted by atomic mass is 79.9. The number of halogens is 1. The third kappa shape index (κ3) is 20.0. The van der Waals surface area contributed by atoms with Gasteiger partial charge in [-0.05, 0) is 147 Å². The molecule has 4 aliphatic heterocycles. The molecule has 4 aromatic carbocycles. The molecule has 27 heteroatoms. The predicted molar refractivity (Wildman–Crippen MR) is 395 cm³/mol. The number of amides is 3. The van der Waals surface area contributed by atoms with Crippen LogP contribution in [0.15, 0.2) is 120 Å². The van der Waals surface area contributed by atoms with Gasteiger partial charge in [-0.2, -0.15) is 0 Å². The highest BCUT2D eigenvalue weighted by molar-refractivity contribution is 9.10. The highest BCUT2D eigenvalue weighted by Gasteiger charge is 2.53. The van der Waals surface area contributed by atoms with Gasteiger partial charge in [-0.25, -0.2) is 0 Å². The van der Waals surface area contributed by atoms with Gasteiger partial charge in [0.05, 0.1) is 41.6 Å². The Morgan fingerprint density at radius 1 is 0.548 bits per heavy atom. The van der Waals surface area contributed by atoms with Crippen LogP contribution in [0.1, 0.15) is 159 Å². The lowest BCUT2D eigenvalue weighted by Crippen LogP contribution is -2.59. The van der Waals surface area contributed by atoms with Crippen molar-refractivity contribution in [3.8, 4) is 22.3 Å². The molecule has 13 N–H and O–H groups in total. The van der Waals surface area contributed by atoms with Crippen molar-refractivity contribution in [2.75, 3.05) is 34.4 Å². The zero-order chi connectivity index (χ0) is 76.3. The van der Waals surface area contributed by atoms with Crippen LogP contribution < -0.4 is 21.4 Å². The standard InChI is InChI=1S/2C21H26N2O7.C20H29BrO3.C14H20BNO3.CH4/c2*1-10-5-11(12-6-13(8-23-7-12)21(29)22-2)3-4-14(10)16(25)20-19(28)18(27)17(26)15(9-24)30-20;1-7-18-12(3)13(4)19(23-15(6)22)20(24-18)14(5)17-9-8-16(21)10-11(17)2;1-13(2)14(3,4)19-15(18-13)11-8-6-7-10(9-11)12(17)16-5;/h2*3-8,15-20,24-28H,9H2,1-2H3,(H,22,29);8-10,12-14,18-20H,7H2,1-6H3;6-9H,1-5H3,(H,16,17);1H4/t2*15?,16-,17-,18+,19?,20-;12-,13-,14+,18?,19?,20+;;/m110../s1. The second-order valence-corrected chi connectivity index (χ2v) is 28.5. The molecule has 568 valence electrons. The first-order valence-electron chi connectivity index (χ1n) is 34.4. The van der Waals surface area contributed by atoms with E-state index < -0.39 is 93.6 Å². The first-order chi connectivity index (χ1) is 48.6. The van der Waals surface area contributed by atoms with E-state index in [9.17, 15) is 70.2 Å². The van der Waals surface area contributed by atoms with E-state index in [-0.39, 0.29) is 72.5 Å². The molecule has 4 fully saturated rings.